The zero-order valence-corrected chi connectivity index (χ0v) is 14.8. The summed E-state index contributed by atoms with van der Waals surface area (Å²) in [5.74, 6) is -0.391. The number of amides is 3. The van der Waals surface area contributed by atoms with Crippen molar-refractivity contribution in [1.29, 1.82) is 0 Å². The zero-order valence-electron chi connectivity index (χ0n) is 13.9. The minimum Gasteiger partial charge on any atom is -0.339 e. The summed E-state index contributed by atoms with van der Waals surface area (Å²) in [4.78, 5) is 34.6. The lowest BCUT2D eigenvalue weighted by molar-refractivity contribution is -0.118. The fraction of sp³-hybridized carbons (Fsp3) is 0.235. The average Bonchev–Trinajstić information content (AvgIpc) is 2.61. The molecule has 0 heterocycles. The molecule has 0 aliphatic carbocycles. The number of carbonyl (C=O) groups is 3. The molecule has 2 aromatic carbocycles. The van der Waals surface area contributed by atoms with Crippen LogP contribution in [0.15, 0.2) is 42.5 Å². The normalized spacial score (nSPS) is 12.9. The quantitative estimate of drug-likeness (QED) is 0.325. The van der Waals surface area contributed by atoms with Gasteiger partial charge in [-0.3, -0.25) is 14.4 Å². The summed E-state index contributed by atoms with van der Waals surface area (Å²) in [6, 6.07) is 13.8. The summed E-state index contributed by atoms with van der Waals surface area (Å²) in [5.41, 5.74) is 5.96. The number of nitrogens with two attached hydrogens (primary N) is 1. The molecule has 132 valence electrons. The Morgan fingerprint density at radius 1 is 1.20 bits per heavy atom. The second kappa shape index (κ2) is 9.11. The molecule has 0 aliphatic rings. The summed E-state index contributed by atoms with van der Waals surface area (Å²) in [6.07, 6.45) is 0.363. The molecule has 2 aromatic rings. The van der Waals surface area contributed by atoms with Crippen LogP contribution in [0.5, 0.6) is 0 Å². The van der Waals surface area contributed by atoms with Crippen LogP contribution in [0.4, 0.5) is 4.79 Å². The van der Waals surface area contributed by atoms with Crippen LogP contribution >= 0.6 is 8.07 Å². The largest absolute Gasteiger partial charge is 0.339 e. The summed E-state index contributed by atoms with van der Waals surface area (Å²) < 4.78 is 0. The first-order chi connectivity index (χ1) is 12.0. The molecule has 0 aromatic heterocycles. The summed E-state index contributed by atoms with van der Waals surface area (Å²) >= 11 is 0. The van der Waals surface area contributed by atoms with Gasteiger partial charge in [0.2, 0.25) is 12.3 Å². The van der Waals surface area contributed by atoms with Gasteiger partial charge < -0.3 is 21.5 Å². The van der Waals surface area contributed by atoms with E-state index in [9.17, 15) is 14.4 Å². The molecule has 0 fully saturated rings. The lowest BCUT2D eigenvalue weighted by atomic mass is 10.1. The highest BCUT2D eigenvalue weighted by Crippen LogP contribution is 2.36. The van der Waals surface area contributed by atoms with Crippen molar-refractivity contribution in [2.75, 3.05) is 6.54 Å². The van der Waals surface area contributed by atoms with E-state index in [1.54, 1.807) is 6.92 Å². The van der Waals surface area contributed by atoms with Crippen LogP contribution in [0.2, 0.25) is 0 Å². The van der Waals surface area contributed by atoms with Crippen LogP contribution in [-0.4, -0.2) is 30.7 Å². The van der Waals surface area contributed by atoms with Gasteiger partial charge in [0.1, 0.15) is 0 Å². The van der Waals surface area contributed by atoms with Crippen LogP contribution in [0.3, 0.4) is 0 Å². The number of benzene rings is 2. The Bertz CT molecular complexity index is 768. The monoisotopic (exact) mass is 360 g/mol. The average molecular weight is 360 g/mol. The predicted octanol–water partition coefficient (Wildman–Crippen LogP) is 1.61. The number of carbonyl (C=O) groups excluding carboxylic acids is 3. The van der Waals surface area contributed by atoms with E-state index in [0.717, 1.165) is 16.3 Å². The maximum Gasteiger partial charge on any atom is 0.263 e. The van der Waals surface area contributed by atoms with Gasteiger partial charge in [-0.15, -0.1) is 0 Å². The third-order valence-corrected chi connectivity index (χ3v) is 5.32. The summed E-state index contributed by atoms with van der Waals surface area (Å²) in [7, 11) is -1.53. The smallest absolute Gasteiger partial charge is 0.263 e. The number of hydrogen-bond acceptors (Lipinski definition) is 4. The van der Waals surface area contributed by atoms with Crippen molar-refractivity contribution in [3.63, 3.8) is 0 Å². The maximum absolute atomic E-state index is 12.5. The van der Waals surface area contributed by atoms with Crippen molar-refractivity contribution >= 4 is 36.8 Å². The highest BCUT2D eigenvalue weighted by atomic mass is 31.1. The first kappa shape index (κ1) is 18.8. The summed E-state index contributed by atoms with van der Waals surface area (Å²) in [5, 5.41) is 9.96. The zero-order chi connectivity index (χ0) is 18.2. The van der Waals surface area contributed by atoms with E-state index >= 15 is 0 Å². The molecule has 0 bridgehead atoms. The molecule has 0 aliphatic heterocycles. The third-order valence-electron chi connectivity index (χ3n) is 3.50. The van der Waals surface area contributed by atoms with E-state index in [4.69, 9.17) is 5.73 Å². The van der Waals surface area contributed by atoms with Crippen molar-refractivity contribution in [3.05, 3.63) is 48.0 Å². The van der Waals surface area contributed by atoms with E-state index in [0.29, 0.717) is 12.6 Å². The maximum atomic E-state index is 12.5. The molecule has 2 rings (SSSR count). The molecule has 0 saturated carbocycles. The van der Waals surface area contributed by atoms with Gasteiger partial charge >= 0.3 is 0 Å². The summed E-state index contributed by atoms with van der Waals surface area (Å²) in [6.45, 7) is 1.45. The number of fused-ring (bicyclic) bond motifs is 1. The molecule has 1 unspecified atom stereocenters. The molecule has 5 N–H and O–H groups in total. The molecular weight excluding hydrogens is 339 g/mol. The lowest BCUT2D eigenvalue weighted by Crippen LogP contribution is -2.43. The Hall–Kier alpha value is -2.50. The van der Waals surface area contributed by atoms with Crippen molar-refractivity contribution in [3.8, 4) is 0 Å². The molecular formula is C17H21N4O3P. The topological polar surface area (TPSA) is 113 Å². The highest BCUT2D eigenvalue weighted by molar-refractivity contribution is 7.72. The Morgan fingerprint density at radius 2 is 1.92 bits per heavy atom. The number of rotatable bonds is 8. The van der Waals surface area contributed by atoms with Crippen LogP contribution in [0.25, 0.3) is 10.8 Å². The van der Waals surface area contributed by atoms with Gasteiger partial charge in [-0.1, -0.05) is 42.5 Å². The van der Waals surface area contributed by atoms with Gasteiger partial charge in [0.25, 0.3) is 5.65 Å². The van der Waals surface area contributed by atoms with Crippen LogP contribution in [0.1, 0.15) is 12.5 Å². The number of hydrogen-bond donors (Lipinski definition) is 4. The minimum absolute atomic E-state index is 0.189. The highest BCUT2D eigenvalue weighted by Gasteiger charge is 2.22. The van der Waals surface area contributed by atoms with Gasteiger partial charge in [-0.2, -0.15) is 0 Å². The van der Waals surface area contributed by atoms with E-state index in [1.165, 1.54) is 0 Å². The molecule has 0 saturated heterocycles. The molecule has 25 heavy (non-hydrogen) atoms. The van der Waals surface area contributed by atoms with Crippen LogP contribution in [-0.2, 0) is 15.8 Å². The Labute approximate surface area is 147 Å². The minimum atomic E-state index is -1.53. The van der Waals surface area contributed by atoms with Crippen molar-refractivity contribution in [2.45, 2.75) is 19.3 Å². The second-order valence-electron chi connectivity index (χ2n) is 5.46. The number of nitrogens with one attached hydrogen (secondary N) is 3. The molecule has 2 atom stereocenters. The van der Waals surface area contributed by atoms with E-state index in [1.807, 2.05) is 42.5 Å². The first-order valence-corrected chi connectivity index (χ1v) is 9.31. The second-order valence-corrected chi connectivity index (χ2v) is 7.26. The Balaban J connectivity index is 2.17. The van der Waals surface area contributed by atoms with Crippen LogP contribution in [0, 0.1) is 0 Å². The lowest BCUT2D eigenvalue weighted by Gasteiger charge is -2.21. The van der Waals surface area contributed by atoms with Crippen molar-refractivity contribution in [1.82, 2.24) is 15.7 Å². The fourth-order valence-corrected chi connectivity index (χ4v) is 3.91. The van der Waals surface area contributed by atoms with Gasteiger partial charge in [0.05, 0.1) is 20.8 Å². The van der Waals surface area contributed by atoms with Gasteiger partial charge in [0, 0.05) is 6.16 Å². The molecule has 0 spiro atoms. The standard InChI is InChI=1S/C17H21N4O3P/c1-12(19-11-22)20-17(24)25(21-16(23)9-18)10-13-6-7-14-4-2-3-5-15(14)8-13/h2-8,11-12H,9-10,18H2,1H3,(H,19,22)(H,20,24)(H,21,23)/t12-,25?/m1/s1. The molecule has 8 heteroatoms. The van der Waals surface area contributed by atoms with Gasteiger partial charge in [-0.05, 0) is 23.3 Å². The Kier molecular flexibility index (Phi) is 6.86. The van der Waals surface area contributed by atoms with E-state index < -0.39 is 20.1 Å². The molecule has 0 radical (unpaired) electrons. The van der Waals surface area contributed by atoms with Gasteiger partial charge in [-0.25, -0.2) is 0 Å². The fourth-order valence-electron chi connectivity index (χ4n) is 2.28. The predicted molar refractivity (Wildman–Crippen MR) is 99.0 cm³/mol. The molecule has 7 nitrogen and oxygen atoms in total. The first-order valence-electron chi connectivity index (χ1n) is 7.78. The van der Waals surface area contributed by atoms with Crippen molar-refractivity contribution < 1.29 is 14.4 Å². The van der Waals surface area contributed by atoms with E-state index in [2.05, 4.69) is 15.7 Å². The third kappa shape index (κ3) is 5.52. The SMILES string of the molecule is C[C@H](NC=O)NC(=O)P(Cc1ccc2ccccc2c1)NC(=O)CN. The van der Waals surface area contributed by atoms with Gasteiger partial charge in [0.15, 0.2) is 0 Å². The molecule has 3 amide bonds. The van der Waals surface area contributed by atoms with Crippen molar-refractivity contribution in [2.24, 2.45) is 5.73 Å². The van der Waals surface area contributed by atoms with Crippen LogP contribution < -0.4 is 21.5 Å². The van der Waals surface area contributed by atoms with E-state index in [-0.39, 0.29) is 12.2 Å². The Morgan fingerprint density at radius 3 is 2.60 bits per heavy atom.